The molecule has 1 aliphatic carbocycles. The molecule has 2 atom stereocenters. The fourth-order valence-corrected chi connectivity index (χ4v) is 7.41. The highest BCUT2D eigenvalue weighted by Gasteiger charge is 2.35. The molecule has 46 heavy (non-hydrogen) atoms. The molecule has 2 aliphatic heterocycles. The predicted molar refractivity (Wildman–Crippen MR) is 184 cm³/mol. The Hall–Kier alpha value is -4.16. The van der Waals surface area contributed by atoms with Gasteiger partial charge in [-0.05, 0) is 62.2 Å². The molecular weight excluding hydrogens is 574 g/mol. The molecule has 1 amide bonds. The van der Waals surface area contributed by atoms with Gasteiger partial charge in [0, 0.05) is 54.9 Å². The molecule has 2 aromatic carbocycles. The summed E-state index contributed by atoms with van der Waals surface area (Å²) in [4.78, 5) is 35.4. The molecule has 0 unspecified atom stereocenters. The molecule has 3 heterocycles. The minimum atomic E-state index is -0.230. The maximum atomic E-state index is 12.6. The lowest BCUT2D eigenvalue weighted by Crippen LogP contribution is -2.56. The molecule has 0 spiro atoms. The van der Waals surface area contributed by atoms with E-state index in [4.69, 9.17) is 21.3 Å². The molecule has 9 heteroatoms. The normalized spacial score (nSPS) is 19.2. The van der Waals surface area contributed by atoms with Gasteiger partial charge in [0.05, 0.1) is 12.2 Å². The number of nitrogens with zero attached hydrogens (tertiary/aromatic N) is 7. The third-order valence-electron chi connectivity index (χ3n) is 10.3. The zero-order valence-corrected chi connectivity index (χ0v) is 27.8. The smallest absolute Gasteiger partial charge is 0.318 e. The first-order valence-electron chi connectivity index (χ1n) is 16.8. The van der Waals surface area contributed by atoms with Crippen LogP contribution in [0.4, 0.5) is 11.5 Å². The number of ether oxygens (including phenoxy) is 1. The highest BCUT2D eigenvalue weighted by Crippen LogP contribution is 2.36. The Morgan fingerprint density at radius 2 is 1.93 bits per heavy atom. The summed E-state index contributed by atoms with van der Waals surface area (Å²) in [5, 5.41) is 2.52. The van der Waals surface area contributed by atoms with Gasteiger partial charge < -0.3 is 24.3 Å². The van der Waals surface area contributed by atoms with E-state index in [-0.39, 0.29) is 24.5 Å². The molecule has 1 saturated carbocycles. The standard InChI is InChI=1S/C37H47N7O2/c1-7-34(45)44-20-19-43(22-29(44)21-38-5)36-30-17-18-42(32-16-9-13-27-12-8-11-26(4)35(27)32)23-31(30)39-37(40-36)46-24-33(25(2)3)41(6)28-14-10-15-28/h7-9,11-13,16,25,28-29,33H,1,10,14-15,17-24H2,2-4,6H3/t29-,33-/m0/s1. The Morgan fingerprint density at radius 3 is 2.63 bits per heavy atom. The highest BCUT2D eigenvalue weighted by atomic mass is 16.5. The molecule has 2 fully saturated rings. The fraction of sp³-hybridized carbons (Fsp3) is 0.514. The van der Waals surface area contributed by atoms with Gasteiger partial charge in [0.1, 0.15) is 18.5 Å². The molecule has 1 saturated heterocycles. The first-order chi connectivity index (χ1) is 22.3. The Bertz CT molecular complexity index is 1620. The van der Waals surface area contributed by atoms with Gasteiger partial charge in [-0.1, -0.05) is 57.2 Å². The van der Waals surface area contributed by atoms with Crippen LogP contribution in [0.2, 0.25) is 0 Å². The monoisotopic (exact) mass is 621 g/mol. The van der Waals surface area contributed by atoms with Crippen LogP contribution in [-0.4, -0.2) is 90.2 Å². The highest BCUT2D eigenvalue weighted by molar-refractivity contribution is 5.97. The number of aryl methyl sites for hydroxylation is 1. The lowest BCUT2D eigenvalue weighted by molar-refractivity contribution is -0.128. The van der Waals surface area contributed by atoms with E-state index in [0.29, 0.717) is 50.8 Å². The number of amides is 1. The van der Waals surface area contributed by atoms with E-state index in [1.54, 1.807) is 4.90 Å². The molecule has 242 valence electrons. The van der Waals surface area contributed by atoms with E-state index in [0.717, 1.165) is 30.0 Å². The van der Waals surface area contributed by atoms with E-state index in [2.05, 4.69) is 90.3 Å². The Kier molecular flexibility index (Phi) is 9.46. The van der Waals surface area contributed by atoms with Gasteiger partial charge in [-0.2, -0.15) is 9.97 Å². The number of aromatic nitrogens is 2. The van der Waals surface area contributed by atoms with Crippen molar-refractivity contribution in [3.63, 3.8) is 0 Å². The second kappa shape index (κ2) is 13.7. The minimum absolute atomic E-state index is 0.127. The third-order valence-corrected chi connectivity index (χ3v) is 10.3. The Morgan fingerprint density at radius 1 is 1.15 bits per heavy atom. The molecule has 3 aromatic rings. The van der Waals surface area contributed by atoms with Crippen molar-refractivity contribution in [2.45, 2.75) is 71.1 Å². The van der Waals surface area contributed by atoms with Crippen LogP contribution < -0.4 is 14.5 Å². The van der Waals surface area contributed by atoms with Gasteiger partial charge in [0.25, 0.3) is 0 Å². The maximum Gasteiger partial charge on any atom is 0.318 e. The van der Waals surface area contributed by atoms with E-state index >= 15 is 0 Å². The zero-order valence-electron chi connectivity index (χ0n) is 27.8. The number of carbonyl (C=O) groups is 1. The van der Waals surface area contributed by atoms with Crippen LogP contribution in [0.5, 0.6) is 6.01 Å². The fourth-order valence-electron chi connectivity index (χ4n) is 7.41. The van der Waals surface area contributed by atoms with Crippen LogP contribution in [0.3, 0.4) is 0 Å². The van der Waals surface area contributed by atoms with Gasteiger partial charge in [-0.15, -0.1) is 0 Å². The largest absolute Gasteiger partial charge is 0.462 e. The lowest BCUT2D eigenvalue weighted by atomic mass is 9.89. The summed E-state index contributed by atoms with van der Waals surface area (Å²) in [5.41, 5.74) is 4.60. The summed E-state index contributed by atoms with van der Waals surface area (Å²) >= 11 is 0. The van der Waals surface area contributed by atoms with E-state index < -0.39 is 0 Å². The van der Waals surface area contributed by atoms with Gasteiger partial charge in [0.2, 0.25) is 12.5 Å². The summed E-state index contributed by atoms with van der Waals surface area (Å²) in [7, 11) is 2.22. The quantitative estimate of drug-likeness (QED) is 0.218. The average Bonchev–Trinajstić information content (AvgIpc) is 3.03. The van der Waals surface area contributed by atoms with Crippen molar-refractivity contribution in [2.75, 3.05) is 56.2 Å². The number of benzene rings is 2. The van der Waals surface area contributed by atoms with Crippen LogP contribution in [0, 0.1) is 19.4 Å². The second-order valence-electron chi connectivity index (χ2n) is 13.4. The number of likely N-dealkylation sites (N-methyl/N-ethyl adjacent to an activating group) is 1. The van der Waals surface area contributed by atoms with Crippen molar-refractivity contribution in [1.82, 2.24) is 19.8 Å². The van der Waals surface area contributed by atoms with Crippen molar-refractivity contribution in [1.29, 1.82) is 0 Å². The number of anilines is 2. The number of fused-ring (bicyclic) bond motifs is 2. The number of carbonyl (C=O) groups excluding carboxylic acids is 1. The molecule has 0 radical (unpaired) electrons. The number of hydrogen-bond acceptors (Lipinski definition) is 7. The maximum absolute atomic E-state index is 12.6. The summed E-state index contributed by atoms with van der Waals surface area (Å²) in [6, 6.07) is 14.1. The molecule has 3 aliphatic rings. The first-order valence-corrected chi connectivity index (χ1v) is 16.8. The minimum Gasteiger partial charge on any atom is -0.462 e. The molecule has 0 bridgehead atoms. The summed E-state index contributed by atoms with van der Waals surface area (Å²) in [6.45, 7) is 21.9. The van der Waals surface area contributed by atoms with Crippen molar-refractivity contribution >= 4 is 28.2 Å². The second-order valence-corrected chi connectivity index (χ2v) is 13.4. The lowest BCUT2D eigenvalue weighted by Gasteiger charge is -2.42. The van der Waals surface area contributed by atoms with Crippen molar-refractivity contribution < 1.29 is 9.53 Å². The van der Waals surface area contributed by atoms with Gasteiger partial charge in [-0.3, -0.25) is 9.69 Å². The van der Waals surface area contributed by atoms with Crippen LogP contribution in [0.25, 0.3) is 15.6 Å². The predicted octanol–water partition coefficient (Wildman–Crippen LogP) is 5.51. The van der Waals surface area contributed by atoms with Crippen LogP contribution in [0.15, 0.2) is 49.1 Å². The molecular formula is C37H47N7O2. The molecule has 9 nitrogen and oxygen atoms in total. The Labute approximate surface area is 273 Å². The Balaban J connectivity index is 1.34. The summed E-state index contributed by atoms with van der Waals surface area (Å²) in [6.07, 6.45) is 5.93. The molecule has 6 rings (SSSR count). The van der Waals surface area contributed by atoms with E-state index in [1.807, 2.05) is 0 Å². The van der Waals surface area contributed by atoms with E-state index in [1.165, 1.54) is 47.4 Å². The average molecular weight is 622 g/mol. The van der Waals surface area contributed by atoms with Crippen LogP contribution in [0.1, 0.15) is 49.9 Å². The third kappa shape index (κ3) is 6.28. The molecule has 1 aromatic heterocycles. The molecule has 0 N–H and O–H groups in total. The van der Waals surface area contributed by atoms with Gasteiger partial charge in [0.15, 0.2) is 0 Å². The van der Waals surface area contributed by atoms with Gasteiger partial charge >= 0.3 is 6.01 Å². The zero-order chi connectivity index (χ0) is 32.4. The van der Waals surface area contributed by atoms with E-state index in [9.17, 15) is 4.79 Å². The number of rotatable bonds is 10. The van der Waals surface area contributed by atoms with Crippen molar-refractivity contribution in [2.24, 2.45) is 5.92 Å². The number of hydrogen-bond donors (Lipinski definition) is 0. The summed E-state index contributed by atoms with van der Waals surface area (Å²) in [5.74, 6) is 1.18. The van der Waals surface area contributed by atoms with Crippen LogP contribution >= 0.6 is 0 Å². The first kappa shape index (κ1) is 31.8. The van der Waals surface area contributed by atoms with Crippen molar-refractivity contribution in [3.8, 4) is 6.01 Å². The SMILES string of the molecule is [C-]#[N+]C[C@H]1CN(c2nc(OC[C@@H](C(C)C)N(C)C3CCC3)nc3c2CCN(c2cccc4cccc(C)c24)C3)CCN1C(=O)C=C. The summed E-state index contributed by atoms with van der Waals surface area (Å²) < 4.78 is 6.51. The topological polar surface area (TPSA) is 69.4 Å². The van der Waals surface area contributed by atoms with Crippen molar-refractivity contribution in [3.05, 3.63) is 77.3 Å². The number of piperazine rings is 1. The van der Waals surface area contributed by atoms with Crippen LogP contribution in [-0.2, 0) is 17.8 Å². The van der Waals surface area contributed by atoms with Gasteiger partial charge in [-0.25, -0.2) is 6.57 Å².